The minimum atomic E-state index is -0.232. The zero-order valence-electron chi connectivity index (χ0n) is 15.0. The Kier molecular flexibility index (Phi) is 5.89. The van der Waals surface area contributed by atoms with Crippen molar-refractivity contribution in [3.63, 3.8) is 0 Å². The molecule has 0 saturated carbocycles. The largest absolute Gasteiger partial charge is 0.460 e. The van der Waals surface area contributed by atoms with E-state index in [1.54, 1.807) is 6.07 Å². The maximum Gasteiger partial charge on any atom is 0.134 e. The van der Waals surface area contributed by atoms with Crippen LogP contribution in [0.1, 0.15) is 24.2 Å². The van der Waals surface area contributed by atoms with Crippen LogP contribution in [-0.2, 0) is 6.54 Å². The molecular formula is C20H27FN2O2. The van der Waals surface area contributed by atoms with Crippen molar-refractivity contribution in [3.8, 4) is 11.3 Å². The Morgan fingerprint density at radius 2 is 2.00 bits per heavy atom. The SMILES string of the molecule is Cc1cc(F)ccc1-c1ccc(CN(CCO)C2CCN(C)CC2)o1. The van der Waals surface area contributed by atoms with Crippen LogP contribution in [0, 0.1) is 12.7 Å². The van der Waals surface area contributed by atoms with Gasteiger partial charge in [0, 0.05) is 18.2 Å². The van der Waals surface area contributed by atoms with Gasteiger partial charge in [-0.05, 0) is 75.8 Å². The van der Waals surface area contributed by atoms with Crippen LogP contribution in [0.2, 0.25) is 0 Å². The van der Waals surface area contributed by atoms with Crippen molar-refractivity contribution in [1.29, 1.82) is 0 Å². The van der Waals surface area contributed by atoms with Crippen molar-refractivity contribution in [2.24, 2.45) is 0 Å². The first-order chi connectivity index (χ1) is 12.1. The summed E-state index contributed by atoms with van der Waals surface area (Å²) in [7, 11) is 2.15. The van der Waals surface area contributed by atoms with Crippen LogP contribution in [0.15, 0.2) is 34.7 Å². The van der Waals surface area contributed by atoms with E-state index >= 15 is 0 Å². The number of piperidine rings is 1. The molecule has 1 N–H and O–H groups in total. The van der Waals surface area contributed by atoms with E-state index < -0.39 is 0 Å². The van der Waals surface area contributed by atoms with Gasteiger partial charge in [-0.1, -0.05) is 0 Å². The Balaban J connectivity index is 1.72. The molecule has 2 heterocycles. The number of hydrogen-bond acceptors (Lipinski definition) is 4. The van der Waals surface area contributed by atoms with Crippen LogP contribution in [0.3, 0.4) is 0 Å². The van der Waals surface area contributed by atoms with Crippen LogP contribution in [0.4, 0.5) is 4.39 Å². The summed E-state index contributed by atoms with van der Waals surface area (Å²) in [5.41, 5.74) is 1.78. The highest BCUT2D eigenvalue weighted by molar-refractivity contribution is 5.62. The first-order valence-electron chi connectivity index (χ1n) is 8.95. The van der Waals surface area contributed by atoms with Gasteiger partial charge in [0.05, 0.1) is 13.2 Å². The lowest BCUT2D eigenvalue weighted by Crippen LogP contribution is -2.44. The minimum Gasteiger partial charge on any atom is -0.460 e. The van der Waals surface area contributed by atoms with E-state index in [1.807, 2.05) is 19.1 Å². The Hall–Kier alpha value is -1.69. The molecule has 2 aromatic rings. The predicted molar refractivity (Wildman–Crippen MR) is 96.9 cm³/mol. The molecule has 1 fully saturated rings. The molecule has 1 aromatic heterocycles. The monoisotopic (exact) mass is 346 g/mol. The molecule has 136 valence electrons. The van der Waals surface area contributed by atoms with Gasteiger partial charge < -0.3 is 14.4 Å². The van der Waals surface area contributed by atoms with Crippen LogP contribution in [0.5, 0.6) is 0 Å². The number of aliphatic hydroxyl groups is 1. The van der Waals surface area contributed by atoms with Gasteiger partial charge in [0.15, 0.2) is 0 Å². The fourth-order valence-corrected chi connectivity index (χ4v) is 3.59. The third-order valence-corrected chi connectivity index (χ3v) is 5.07. The molecule has 0 atom stereocenters. The summed E-state index contributed by atoms with van der Waals surface area (Å²) in [4.78, 5) is 4.66. The van der Waals surface area contributed by atoms with Gasteiger partial charge in [-0.2, -0.15) is 0 Å². The average Bonchev–Trinajstić information content (AvgIpc) is 3.03. The van der Waals surface area contributed by atoms with Crippen molar-refractivity contribution < 1.29 is 13.9 Å². The van der Waals surface area contributed by atoms with Gasteiger partial charge in [-0.25, -0.2) is 4.39 Å². The summed E-state index contributed by atoms with van der Waals surface area (Å²) < 4.78 is 19.3. The number of hydrogen-bond donors (Lipinski definition) is 1. The van der Waals surface area contributed by atoms with Gasteiger partial charge >= 0.3 is 0 Å². The summed E-state index contributed by atoms with van der Waals surface area (Å²) in [5, 5.41) is 9.42. The number of likely N-dealkylation sites (tertiary alicyclic amines) is 1. The molecule has 3 rings (SSSR count). The number of halogens is 1. The van der Waals surface area contributed by atoms with Crippen molar-refractivity contribution >= 4 is 0 Å². The number of aliphatic hydroxyl groups excluding tert-OH is 1. The van der Waals surface area contributed by atoms with E-state index in [-0.39, 0.29) is 12.4 Å². The topological polar surface area (TPSA) is 39.9 Å². The summed E-state index contributed by atoms with van der Waals surface area (Å²) in [6.45, 7) is 5.55. The quantitative estimate of drug-likeness (QED) is 0.871. The van der Waals surface area contributed by atoms with E-state index in [0.717, 1.165) is 48.6 Å². The second-order valence-electron chi connectivity index (χ2n) is 6.95. The van der Waals surface area contributed by atoms with Crippen LogP contribution >= 0.6 is 0 Å². The molecule has 25 heavy (non-hydrogen) atoms. The van der Waals surface area contributed by atoms with Crippen LogP contribution < -0.4 is 0 Å². The zero-order valence-corrected chi connectivity index (χ0v) is 15.0. The van der Waals surface area contributed by atoms with Gasteiger partial charge in [0.2, 0.25) is 0 Å². The van der Waals surface area contributed by atoms with E-state index in [2.05, 4.69) is 16.8 Å². The number of aryl methyl sites for hydroxylation is 1. The number of rotatable bonds is 6. The third kappa shape index (κ3) is 4.48. The zero-order chi connectivity index (χ0) is 17.8. The predicted octanol–water partition coefficient (Wildman–Crippen LogP) is 3.28. The summed E-state index contributed by atoms with van der Waals surface area (Å²) in [5.74, 6) is 1.41. The first kappa shape index (κ1) is 18.1. The maximum atomic E-state index is 13.3. The Morgan fingerprint density at radius 3 is 2.68 bits per heavy atom. The lowest BCUT2D eigenvalue weighted by molar-refractivity contribution is 0.0885. The normalized spacial score (nSPS) is 16.7. The maximum absolute atomic E-state index is 13.3. The molecule has 1 saturated heterocycles. The van der Waals surface area contributed by atoms with Crippen molar-refractivity contribution in [2.75, 3.05) is 33.3 Å². The van der Waals surface area contributed by atoms with Gasteiger partial charge in [0.1, 0.15) is 17.3 Å². The number of benzene rings is 1. The van der Waals surface area contributed by atoms with Gasteiger partial charge in [-0.3, -0.25) is 4.90 Å². The highest BCUT2D eigenvalue weighted by Gasteiger charge is 2.23. The highest BCUT2D eigenvalue weighted by Crippen LogP contribution is 2.27. The lowest BCUT2D eigenvalue weighted by atomic mass is 10.0. The second-order valence-corrected chi connectivity index (χ2v) is 6.95. The molecule has 0 aliphatic carbocycles. The molecule has 1 aliphatic rings. The first-order valence-corrected chi connectivity index (χ1v) is 8.95. The molecule has 0 radical (unpaired) electrons. The minimum absolute atomic E-state index is 0.150. The number of nitrogens with zero attached hydrogens (tertiary/aromatic N) is 2. The van der Waals surface area contributed by atoms with Crippen molar-refractivity contribution in [2.45, 2.75) is 32.4 Å². The molecule has 4 nitrogen and oxygen atoms in total. The van der Waals surface area contributed by atoms with E-state index in [0.29, 0.717) is 19.1 Å². The Bertz CT molecular complexity index is 693. The molecule has 0 spiro atoms. The van der Waals surface area contributed by atoms with Gasteiger partial charge in [0.25, 0.3) is 0 Å². The van der Waals surface area contributed by atoms with E-state index in [9.17, 15) is 9.50 Å². The summed E-state index contributed by atoms with van der Waals surface area (Å²) in [6.07, 6.45) is 2.22. The molecule has 1 aliphatic heterocycles. The lowest BCUT2D eigenvalue weighted by Gasteiger charge is -2.36. The van der Waals surface area contributed by atoms with Crippen molar-refractivity contribution in [1.82, 2.24) is 9.80 Å². The Labute approximate surface area is 148 Å². The highest BCUT2D eigenvalue weighted by atomic mass is 19.1. The summed E-state index contributed by atoms with van der Waals surface area (Å²) in [6, 6.07) is 9.15. The molecule has 5 heteroatoms. The number of furan rings is 1. The van der Waals surface area contributed by atoms with Crippen molar-refractivity contribution in [3.05, 3.63) is 47.5 Å². The molecule has 0 bridgehead atoms. The van der Waals surface area contributed by atoms with Crippen LogP contribution in [0.25, 0.3) is 11.3 Å². The van der Waals surface area contributed by atoms with Crippen LogP contribution in [-0.4, -0.2) is 54.2 Å². The van der Waals surface area contributed by atoms with E-state index in [4.69, 9.17) is 4.42 Å². The Morgan fingerprint density at radius 1 is 1.24 bits per heavy atom. The fraction of sp³-hybridized carbons (Fsp3) is 0.500. The standard InChI is InChI=1S/C20H27FN2O2/c1-15-13-16(21)3-5-19(15)20-6-4-18(25-20)14-23(11-12-24)17-7-9-22(2)10-8-17/h3-6,13,17,24H,7-12,14H2,1-2H3. The van der Waals surface area contributed by atoms with E-state index in [1.165, 1.54) is 12.1 Å². The molecule has 0 unspecified atom stereocenters. The molecule has 1 aromatic carbocycles. The molecule has 0 amide bonds. The smallest absolute Gasteiger partial charge is 0.134 e. The third-order valence-electron chi connectivity index (χ3n) is 5.07. The van der Waals surface area contributed by atoms with Gasteiger partial charge in [-0.15, -0.1) is 0 Å². The fourth-order valence-electron chi connectivity index (χ4n) is 3.59. The second kappa shape index (κ2) is 8.13. The summed E-state index contributed by atoms with van der Waals surface area (Å²) >= 11 is 0. The average molecular weight is 346 g/mol. The molecular weight excluding hydrogens is 319 g/mol.